The first-order valence-corrected chi connectivity index (χ1v) is 7.02. The number of nitrogen functional groups attached to an aromatic ring is 1. The van der Waals surface area contributed by atoms with Gasteiger partial charge in [-0.2, -0.15) is 0 Å². The van der Waals surface area contributed by atoms with E-state index in [1.807, 2.05) is 56.4 Å². The van der Waals surface area contributed by atoms with E-state index in [4.69, 9.17) is 10.5 Å². The Morgan fingerprint density at radius 1 is 1.05 bits per heavy atom. The molecule has 0 bridgehead atoms. The minimum atomic E-state index is 0.707. The number of nitrogens with two attached hydrogens (primary N) is 1. The molecule has 5 heteroatoms. The Morgan fingerprint density at radius 2 is 1.86 bits per heavy atom. The van der Waals surface area contributed by atoms with Crippen LogP contribution in [0.15, 0.2) is 42.6 Å². The van der Waals surface area contributed by atoms with Crippen molar-refractivity contribution >= 4 is 5.69 Å². The third-order valence-electron chi connectivity index (χ3n) is 3.68. The van der Waals surface area contributed by atoms with Gasteiger partial charge in [-0.3, -0.25) is 0 Å². The summed E-state index contributed by atoms with van der Waals surface area (Å²) in [6.45, 7) is 4.05. The van der Waals surface area contributed by atoms with Crippen molar-refractivity contribution < 1.29 is 4.74 Å². The SMILES string of the molecule is COc1ccc(-c2cn(-c3cc(N)ccc3C)nn2)c(C)c1. The fourth-order valence-electron chi connectivity index (χ4n) is 2.43. The van der Waals surface area contributed by atoms with Crippen LogP contribution in [0.25, 0.3) is 16.9 Å². The lowest BCUT2D eigenvalue weighted by Crippen LogP contribution is -1.99. The van der Waals surface area contributed by atoms with Crippen LogP contribution in [-0.4, -0.2) is 22.1 Å². The van der Waals surface area contributed by atoms with Gasteiger partial charge in [0.15, 0.2) is 0 Å². The van der Waals surface area contributed by atoms with Gasteiger partial charge in [0.05, 0.1) is 19.0 Å². The Kier molecular flexibility index (Phi) is 3.55. The third kappa shape index (κ3) is 2.53. The quantitative estimate of drug-likeness (QED) is 0.754. The number of hydrogen-bond donors (Lipinski definition) is 1. The lowest BCUT2D eigenvalue weighted by molar-refractivity contribution is 0.414. The summed E-state index contributed by atoms with van der Waals surface area (Å²) in [6, 6.07) is 11.7. The van der Waals surface area contributed by atoms with Gasteiger partial charge in [-0.15, -0.1) is 5.10 Å². The first-order chi connectivity index (χ1) is 10.6. The highest BCUT2D eigenvalue weighted by Crippen LogP contribution is 2.26. The second kappa shape index (κ2) is 5.52. The molecule has 0 saturated carbocycles. The molecular weight excluding hydrogens is 276 g/mol. The first kappa shape index (κ1) is 14.1. The van der Waals surface area contributed by atoms with Crippen molar-refractivity contribution in [3.05, 3.63) is 53.7 Å². The van der Waals surface area contributed by atoms with Crippen LogP contribution in [-0.2, 0) is 0 Å². The molecule has 1 heterocycles. The molecule has 0 aliphatic heterocycles. The van der Waals surface area contributed by atoms with Gasteiger partial charge in [0, 0.05) is 11.3 Å². The molecule has 0 aliphatic carbocycles. The van der Waals surface area contributed by atoms with Crippen LogP contribution in [0.1, 0.15) is 11.1 Å². The highest BCUT2D eigenvalue weighted by Gasteiger charge is 2.10. The van der Waals surface area contributed by atoms with E-state index in [2.05, 4.69) is 10.3 Å². The van der Waals surface area contributed by atoms with E-state index in [1.165, 1.54) is 0 Å². The van der Waals surface area contributed by atoms with Crippen molar-refractivity contribution in [3.63, 3.8) is 0 Å². The number of hydrogen-bond acceptors (Lipinski definition) is 4. The Balaban J connectivity index is 2.02. The summed E-state index contributed by atoms with van der Waals surface area (Å²) in [6.07, 6.45) is 1.91. The monoisotopic (exact) mass is 294 g/mol. The van der Waals surface area contributed by atoms with Crippen molar-refractivity contribution in [2.24, 2.45) is 0 Å². The van der Waals surface area contributed by atoms with Crippen LogP contribution in [0.2, 0.25) is 0 Å². The molecule has 0 aliphatic rings. The Morgan fingerprint density at radius 3 is 2.59 bits per heavy atom. The Bertz CT molecular complexity index is 823. The molecule has 5 nitrogen and oxygen atoms in total. The standard InChI is InChI=1S/C17H18N4O/c1-11-4-5-13(18)9-17(11)21-10-16(19-20-21)15-7-6-14(22-3)8-12(15)2/h4-10H,18H2,1-3H3. The van der Waals surface area contributed by atoms with Gasteiger partial charge in [0.1, 0.15) is 11.4 Å². The summed E-state index contributed by atoms with van der Waals surface area (Å²) in [5.41, 5.74) is 11.6. The highest BCUT2D eigenvalue weighted by molar-refractivity contribution is 5.64. The summed E-state index contributed by atoms with van der Waals surface area (Å²) in [5.74, 6) is 0.834. The summed E-state index contributed by atoms with van der Waals surface area (Å²) in [5, 5.41) is 8.51. The molecule has 0 radical (unpaired) electrons. The number of anilines is 1. The normalized spacial score (nSPS) is 10.7. The van der Waals surface area contributed by atoms with E-state index in [9.17, 15) is 0 Å². The second-order valence-electron chi connectivity index (χ2n) is 5.28. The fraction of sp³-hybridized carbons (Fsp3) is 0.176. The molecule has 0 amide bonds. The number of benzene rings is 2. The number of rotatable bonds is 3. The number of aryl methyl sites for hydroxylation is 2. The van der Waals surface area contributed by atoms with Crippen LogP contribution in [0.5, 0.6) is 5.75 Å². The summed E-state index contributed by atoms with van der Waals surface area (Å²) >= 11 is 0. The molecule has 112 valence electrons. The minimum Gasteiger partial charge on any atom is -0.497 e. The molecule has 1 aromatic heterocycles. The number of nitrogens with zero attached hydrogens (tertiary/aromatic N) is 3. The molecule has 3 aromatic rings. The fourth-order valence-corrected chi connectivity index (χ4v) is 2.43. The zero-order valence-electron chi connectivity index (χ0n) is 12.9. The van der Waals surface area contributed by atoms with E-state index >= 15 is 0 Å². The molecule has 3 rings (SSSR count). The Labute approximate surface area is 129 Å². The van der Waals surface area contributed by atoms with E-state index in [-0.39, 0.29) is 0 Å². The van der Waals surface area contributed by atoms with Gasteiger partial charge in [-0.05, 0) is 55.3 Å². The average molecular weight is 294 g/mol. The van der Waals surface area contributed by atoms with Gasteiger partial charge in [0.25, 0.3) is 0 Å². The lowest BCUT2D eigenvalue weighted by atomic mass is 10.1. The van der Waals surface area contributed by atoms with Gasteiger partial charge < -0.3 is 10.5 Å². The molecule has 0 saturated heterocycles. The van der Waals surface area contributed by atoms with Gasteiger partial charge >= 0.3 is 0 Å². The van der Waals surface area contributed by atoms with Crippen molar-refractivity contribution in [2.75, 3.05) is 12.8 Å². The molecular formula is C17H18N4O. The summed E-state index contributed by atoms with van der Waals surface area (Å²) < 4.78 is 6.99. The maximum absolute atomic E-state index is 5.86. The topological polar surface area (TPSA) is 66.0 Å². The van der Waals surface area contributed by atoms with Crippen LogP contribution in [0, 0.1) is 13.8 Å². The van der Waals surface area contributed by atoms with E-state index < -0.39 is 0 Å². The second-order valence-corrected chi connectivity index (χ2v) is 5.28. The number of aromatic nitrogens is 3. The van der Waals surface area contributed by atoms with Crippen LogP contribution >= 0.6 is 0 Å². The third-order valence-corrected chi connectivity index (χ3v) is 3.68. The van der Waals surface area contributed by atoms with Gasteiger partial charge in [-0.1, -0.05) is 11.3 Å². The van der Waals surface area contributed by atoms with Crippen molar-refractivity contribution in [2.45, 2.75) is 13.8 Å². The number of methoxy groups -OCH3 is 1. The molecule has 0 spiro atoms. The van der Waals surface area contributed by atoms with E-state index in [0.717, 1.165) is 33.8 Å². The first-order valence-electron chi connectivity index (χ1n) is 7.02. The number of ether oxygens (including phenoxy) is 1. The molecule has 2 aromatic carbocycles. The largest absolute Gasteiger partial charge is 0.497 e. The molecule has 0 unspecified atom stereocenters. The lowest BCUT2D eigenvalue weighted by Gasteiger charge is -2.06. The summed E-state index contributed by atoms with van der Waals surface area (Å²) in [7, 11) is 1.66. The maximum Gasteiger partial charge on any atom is 0.119 e. The predicted octanol–water partition coefficient (Wildman–Crippen LogP) is 3.14. The molecule has 0 fully saturated rings. The van der Waals surface area contributed by atoms with Crippen molar-refractivity contribution in [3.8, 4) is 22.7 Å². The van der Waals surface area contributed by atoms with Crippen LogP contribution in [0.4, 0.5) is 5.69 Å². The molecule has 22 heavy (non-hydrogen) atoms. The van der Waals surface area contributed by atoms with E-state index in [1.54, 1.807) is 11.8 Å². The van der Waals surface area contributed by atoms with Crippen molar-refractivity contribution in [1.82, 2.24) is 15.0 Å². The molecule has 0 atom stereocenters. The Hall–Kier alpha value is -2.82. The van der Waals surface area contributed by atoms with E-state index in [0.29, 0.717) is 5.69 Å². The minimum absolute atomic E-state index is 0.707. The molecule has 2 N–H and O–H groups in total. The average Bonchev–Trinajstić information content (AvgIpc) is 2.99. The van der Waals surface area contributed by atoms with Gasteiger partial charge in [0.2, 0.25) is 0 Å². The zero-order valence-corrected chi connectivity index (χ0v) is 12.9. The predicted molar refractivity (Wildman–Crippen MR) is 87.2 cm³/mol. The summed E-state index contributed by atoms with van der Waals surface area (Å²) in [4.78, 5) is 0. The smallest absolute Gasteiger partial charge is 0.119 e. The van der Waals surface area contributed by atoms with Crippen molar-refractivity contribution in [1.29, 1.82) is 0 Å². The van der Waals surface area contributed by atoms with Crippen LogP contribution in [0.3, 0.4) is 0 Å². The maximum atomic E-state index is 5.86. The highest BCUT2D eigenvalue weighted by atomic mass is 16.5. The van der Waals surface area contributed by atoms with Crippen LogP contribution < -0.4 is 10.5 Å². The van der Waals surface area contributed by atoms with Gasteiger partial charge in [-0.25, -0.2) is 4.68 Å². The zero-order chi connectivity index (χ0) is 15.7.